The summed E-state index contributed by atoms with van der Waals surface area (Å²) in [5, 5.41) is 11.2. The summed E-state index contributed by atoms with van der Waals surface area (Å²) in [6, 6.07) is 8.19. The number of allylic oxidation sites excluding steroid dienone is 1. The lowest BCUT2D eigenvalue weighted by Gasteiger charge is -2.58. The van der Waals surface area contributed by atoms with Crippen LogP contribution in [0.4, 0.5) is 5.69 Å². The minimum atomic E-state index is -3.20. The second-order valence-corrected chi connectivity index (χ2v) is 22.7. The maximum absolute atomic E-state index is 13.0. The van der Waals surface area contributed by atoms with Gasteiger partial charge in [0.05, 0.1) is 13.0 Å². The number of fused-ring (bicyclic) bond motifs is 5. The van der Waals surface area contributed by atoms with Crippen molar-refractivity contribution in [1.29, 1.82) is 0 Å². The number of halogens is 4. The predicted octanol–water partition coefficient (Wildman–Crippen LogP) is 12.2. The second-order valence-electron chi connectivity index (χ2n) is 19.0. The van der Waals surface area contributed by atoms with Gasteiger partial charge in [-0.2, -0.15) is 0 Å². The van der Waals surface area contributed by atoms with Crippen LogP contribution in [-0.2, 0) is 29.9 Å². The predicted molar refractivity (Wildman–Crippen MR) is 249 cm³/mol. The Hall–Kier alpha value is -0.580. The van der Waals surface area contributed by atoms with E-state index < -0.39 is 13.9 Å². The summed E-state index contributed by atoms with van der Waals surface area (Å²) in [6.07, 6.45) is 16.8. The molecule has 0 radical (unpaired) electrons. The first-order valence-electron chi connectivity index (χ1n) is 22.8. The van der Waals surface area contributed by atoms with Gasteiger partial charge < -0.3 is 14.2 Å². The molecule has 6 rings (SSSR count). The summed E-state index contributed by atoms with van der Waals surface area (Å²) in [5.74, 6) is 6.74. The van der Waals surface area contributed by atoms with Gasteiger partial charge in [0, 0.05) is 68.2 Å². The van der Waals surface area contributed by atoms with Crippen molar-refractivity contribution >= 4 is 65.7 Å². The van der Waals surface area contributed by atoms with Crippen LogP contribution in [0.3, 0.4) is 0 Å². The summed E-state index contributed by atoms with van der Waals surface area (Å²) in [4.78, 5) is 19.3. The average Bonchev–Trinajstić information content (AvgIpc) is 3.58. The van der Waals surface area contributed by atoms with Crippen LogP contribution in [0.15, 0.2) is 35.9 Å². The van der Waals surface area contributed by atoms with Gasteiger partial charge in [0.25, 0.3) is 0 Å². The molecule has 0 spiro atoms. The zero-order valence-electron chi connectivity index (χ0n) is 36.9. The van der Waals surface area contributed by atoms with Gasteiger partial charge in [-0.3, -0.25) is 14.6 Å². The summed E-state index contributed by atoms with van der Waals surface area (Å²) >= 11 is 23.2. The van der Waals surface area contributed by atoms with Crippen LogP contribution in [0.25, 0.3) is 0 Å². The van der Waals surface area contributed by atoms with Crippen LogP contribution in [0, 0.1) is 46.3 Å². The summed E-state index contributed by atoms with van der Waals surface area (Å²) in [5.41, 5.74) is 4.47. The molecule has 1 aromatic rings. The number of ether oxygens (including phenoxy) is 1. The van der Waals surface area contributed by atoms with Crippen molar-refractivity contribution in [2.75, 3.05) is 61.2 Å². The van der Waals surface area contributed by atoms with E-state index >= 15 is 0 Å². The molecule has 60 heavy (non-hydrogen) atoms. The van der Waals surface area contributed by atoms with Gasteiger partial charge in [-0.05, 0) is 109 Å². The number of carbonyl (C=O) groups is 1. The van der Waals surface area contributed by atoms with E-state index in [1.807, 2.05) is 12.1 Å². The number of hydrogen-bond acceptors (Lipinski definition) is 7. The van der Waals surface area contributed by atoms with Crippen LogP contribution in [0.2, 0.25) is 0 Å². The molecule has 9 nitrogen and oxygen atoms in total. The highest BCUT2D eigenvalue weighted by Gasteiger charge is 2.59. The number of benzene rings is 1. The Bertz CT molecular complexity index is 1560. The molecule has 0 unspecified atom stereocenters. The van der Waals surface area contributed by atoms with Crippen molar-refractivity contribution < 1.29 is 28.8 Å². The maximum Gasteiger partial charge on any atom is 0.345 e. The molecule has 1 aliphatic heterocycles. The van der Waals surface area contributed by atoms with Crippen LogP contribution < -0.4 is 9.99 Å². The van der Waals surface area contributed by atoms with Crippen LogP contribution in [0.1, 0.15) is 117 Å². The Morgan fingerprint density at radius 2 is 1.60 bits per heavy atom. The third kappa shape index (κ3) is 12.4. The standard InChI is InChI=1S/C39H59Cl2NO2.C7H15Cl2N2O4P/c1-27(2)7-6-8-28(3)34-15-16-35-33-14-11-30-26-32(17-19-38(30,4)36(33)18-20-39(34,35)5)44-37(43)25-29-9-12-31(13-10-29)42(23-21-40)24-22-41;8-2-4-11(5-3-9)16(13)10-7(15-12)1-6-14-16/h9-13,27-28,32-36H,6-8,14-26H2,1-5H3;7,12H,1-6H2,(H,10,13)/t28-,32+,33+,34-,35+,36+,38+,39-;7-,16-/m11/s1. The monoisotopic (exact) mass is 935 g/mol. The molecule has 14 heteroatoms. The molecule has 4 fully saturated rings. The summed E-state index contributed by atoms with van der Waals surface area (Å²) in [7, 11) is -3.20. The van der Waals surface area contributed by atoms with Gasteiger partial charge in [0.1, 0.15) is 6.10 Å². The molecule has 0 aromatic heterocycles. The second kappa shape index (κ2) is 23.6. The van der Waals surface area contributed by atoms with E-state index in [0.717, 1.165) is 79.1 Å². The van der Waals surface area contributed by atoms with Crippen molar-refractivity contribution in [2.24, 2.45) is 46.3 Å². The molecular weight excluding hydrogens is 863 g/mol. The number of nitrogens with zero attached hydrogens (tertiary/aromatic N) is 2. The van der Waals surface area contributed by atoms with Crippen molar-refractivity contribution in [3.8, 4) is 0 Å². The molecule has 1 heterocycles. The lowest BCUT2D eigenvalue weighted by molar-refractivity contribution is -0.286. The number of anilines is 1. The number of nitrogens with one attached hydrogen (secondary N) is 1. The zero-order chi connectivity index (χ0) is 43.5. The molecule has 2 N–H and O–H groups in total. The number of hydrogen-bond donors (Lipinski definition) is 2. The van der Waals surface area contributed by atoms with E-state index in [4.69, 9.17) is 60.9 Å². The van der Waals surface area contributed by atoms with Gasteiger partial charge in [-0.15, -0.1) is 46.4 Å². The highest BCUT2D eigenvalue weighted by Crippen LogP contribution is 2.67. The highest BCUT2D eigenvalue weighted by atomic mass is 35.5. The molecule has 10 atom stereocenters. The normalized spacial score (nSPS) is 32.9. The Labute approximate surface area is 381 Å². The first-order chi connectivity index (χ1) is 28.7. The fourth-order valence-electron chi connectivity index (χ4n) is 11.9. The first kappa shape index (κ1) is 50.4. The maximum atomic E-state index is 13.0. The minimum absolute atomic E-state index is 0.0111. The molecule has 1 aromatic carbocycles. The summed E-state index contributed by atoms with van der Waals surface area (Å²) in [6.45, 7) is 15.1. The van der Waals surface area contributed by atoms with Gasteiger partial charge in [-0.1, -0.05) is 77.7 Å². The van der Waals surface area contributed by atoms with E-state index in [1.54, 1.807) is 5.57 Å². The number of esters is 1. The average molecular weight is 938 g/mol. The van der Waals surface area contributed by atoms with Crippen LogP contribution in [-0.4, -0.2) is 84.5 Å². The van der Waals surface area contributed by atoms with Crippen molar-refractivity contribution in [3.05, 3.63) is 41.5 Å². The minimum Gasteiger partial charge on any atom is -0.462 e. The van der Waals surface area contributed by atoms with E-state index in [2.05, 4.69) is 67.7 Å². The Balaban J connectivity index is 0.000000359. The molecular formula is C46H74Cl4N3O6P. The first-order valence-corrected chi connectivity index (χ1v) is 26.5. The smallest absolute Gasteiger partial charge is 0.345 e. The van der Waals surface area contributed by atoms with Gasteiger partial charge in [0.15, 0.2) is 6.23 Å². The van der Waals surface area contributed by atoms with E-state index in [-0.39, 0.29) is 24.1 Å². The molecule has 4 aliphatic carbocycles. The third-order valence-corrected chi connectivity index (χ3v) is 18.0. The molecule has 3 saturated carbocycles. The fraction of sp³-hybridized carbons (Fsp3) is 0.804. The van der Waals surface area contributed by atoms with E-state index in [1.165, 1.54) is 56.0 Å². The largest absolute Gasteiger partial charge is 0.462 e. The van der Waals surface area contributed by atoms with Gasteiger partial charge in [-0.25, -0.2) is 14.6 Å². The highest BCUT2D eigenvalue weighted by molar-refractivity contribution is 7.54. The van der Waals surface area contributed by atoms with Crippen LogP contribution in [0.5, 0.6) is 0 Å². The van der Waals surface area contributed by atoms with Gasteiger partial charge in [0.2, 0.25) is 0 Å². The van der Waals surface area contributed by atoms with E-state index in [9.17, 15) is 9.36 Å². The fourth-order valence-corrected chi connectivity index (χ4v) is 15.0. The van der Waals surface area contributed by atoms with Crippen molar-refractivity contribution in [1.82, 2.24) is 9.76 Å². The Morgan fingerprint density at radius 1 is 0.917 bits per heavy atom. The topological polar surface area (TPSA) is 101 Å². The molecule has 1 saturated heterocycles. The molecule has 0 bridgehead atoms. The number of carbonyl (C=O) groups excluding carboxylic acids is 1. The lowest BCUT2D eigenvalue weighted by atomic mass is 9.47. The number of rotatable bonds is 19. The van der Waals surface area contributed by atoms with Crippen LogP contribution >= 0.6 is 54.1 Å². The quantitative estimate of drug-likeness (QED) is 0.0351. The molecule has 5 aliphatic rings. The van der Waals surface area contributed by atoms with E-state index in [0.29, 0.717) is 54.9 Å². The van der Waals surface area contributed by atoms with Crippen molar-refractivity contribution in [2.45, 2.75) is 130 Å². The molecule has 342 valence electrons. The van der Waals surface area contributed by atoms with Gasteiger partial charge >= 0.3 is 13.6 Å². The zero-order valence-corrected chi connectivity index (χ0v) is 40.8. The van der Waals surface area contributed by atoms with Crippen molar-refractivity contribution in [3.63, 3.8) is 0 Å². The Morgan fingerprint density at radius 3 is 2.23 bits per heavy atom. The molecule has 0 amide bonds. The summed E-state index contributed by atoms with van der Waals surface area (Å²) < 4.78 is 25.3. The SMILES string of the molecule is CC(C)CCC[C@@H](C)[C@H]1CC[C@H]2[C@@H]3CC=C4C[C@@H](OC(=O)Cc5ccc(N(CCCl)CCCl)cc5)CC[C@]4(C)[C@H]3CC[C@]12C.O=[P@]1(N(CCCl)CCCl)N[C@H](OO)CCO1. The third-order valence-electron chi connectivity index (χ3n) is 15.1. The number of alkyl halides is 4. The Kier molecular flexibility index (Phi) is 19.8. The lowest BCUT2D eigenvalue weighted by Crippen LogP contribution is -2.51.